The average molecular weight is 363 g/mol. The van der Waals surface area contributed by atoms with Crippen molar-refractivity contribution in [2.45, 2.75) is 24.9 Å². The third kappa shape index (κ3) is 3.38. The minimum atomic E-state index is -2.76. The van der Waals surface area contributed by atoms with Crippen molar-refractivity contribution in [1.29, 1.82) is 0 Å². The maximum Gasteiger partial charge on any atom is 0.134 e. The molecule has 1 aromatic heterocycles. The van der Waals surface area contributed by atoms with E-state index in [1.54, 1.807) is 12.1 Å². The summed E-state index contributed by atoms with van der Waals surface area (Å²) in [6.07, 6.45) is 5.23. The predicted octanol–water partition coefficient (Wildman–Crippen LogP) is 1.68. The summed E-state index contributed by atoms with van der Waals surface area (Å²) in [5, 5.41) is 13.6. The summed E-state index contributed by atoms with van der Waals surface area (Å²) in [6.45, 7) is 3.71. The summed E-state index contributed by atoms with van der Waals surface area (Å²) in [5.41, 5.74) is 4.76. The summed E-state index contributed by atoms with van der Waals surface area (Å²) >= 11 is 0. The summed E-state index contributed by atoms with van der Waals surface area (Å²) in [4.78, 5) is 0.554. The number of allylic oxidation sites excluding steroid dienone is 1. The quantitative estimate of drug-likeness (QED) is 0.793. The second-order valence-corrected chi connectivity index (χ2v) is 8.68. The van der Waals surface area contributed by atoms with Crippen LogP contribution in [0.15, 0.2) is 45.8 Å². The molecule has 0 aliphatic carbocycles. The molecule has 0 saturated carbocycles. The van der Waals surface area contributed by atoms with E-state index < -0.39 is 9.92 Å². The molecule has 3 rings (SSSR count). The van der Waals surface area contributed by atoms with E-state index in [1.807, 2.05) is 18.3 Å². The number of hydrogen-bond donors (Lipinski definition) is 2. The number of rotatable bonds is 5. The van der Waals surface area contributed by atoms with E-state index in [2.05, 4.69) is 32.5 Å². The van der Waals surface area contributed by atoms with Gasteiger partial charge in [-0.25, -0.2) is 13.7 Å². The first-order valence-corrected chi connectivity index (χ1v) is 10.6. The van der Waals surface area contributed by atoms with Crippen LogP contribution in [0.1, 0.15) is 18.1 Å². The topological polar surface area (TPSA) is 85.3 Å². The van der Waals surface area contributed by atoms with Crippen molar-refractivity contribution in [1.82, 2.24) is 15.1 Å². The highest BCUT2D eigenvalue weighted by atomic mass is 32.2. The Balaban J connectivity index is 1.72. The Morgan fingerprint density at radius 3 is 2.83 bits per heavy atom. The van der Waals surface area contributed by atoms with Crippen molar-refractivity contribution in [2.24, 2.45) is 9.50 Å². The van der Waals surface area contributed by atoms with Gasteiger partial charge in [0.2, 0.25) is 0 Å². The first kappa shape index (κ1) is 17.1. The van der Waals surface area contributed by atoms with Gasteiger partial charge in [-0.3, -0.25) is 4.68 Å². The lowest BCUT2D eigenvalue weighted by Crippen LogP contribution is -2.22. The number of aryl methyl sites for hydroxylation is 1. The van der Waals surface area contributed by atoms with Gasteiger partial charge in [0.05, 0.1) is 16.5 Å². The normalized spacial score (nSPS) is 17.0. The Morgan fingerprint density at radius 2 is 2.17 bits per heavy atom. The van der Waals surface area contributed by atoms with Gasteiger partial charge >= 0.3 is 0 Å². The van der Waals surface area contributed by atoms with E-state index in [9.17, 15) is 4.21 Å². The van der Waals surface area contributed by atoms with Crippen LogP contribution in [0.25, 0.3) is 5.70 Å². The fourth-order valence-corrected chi connectivity index (χ4v) is 4.67. The second-order valence-electron chi connectivity index (χ2n) is 5.47. The lowest BCUT2D eigenvalue weighted by atomic mass is 10.2. The SMILES string of the molecule is CCn1ncc2c1PCC=C2NCc1ccc(S(N)(=O)=NC)cc1. The van der Waals surface area contributed by atoms with Crippen molar-refractivity contribution in [3.63, 3.8) is 0 Å². The summed E-state index contributed by atoms with van der Waals surface area (Å²) in [5.74, 6) is 0. The van der Waals surface area contributed by atoms with Gasteiger partial charge in [-0.1, -0.05) is 26.8 Å². The number of nitrogens with one attached hydrogen (secondary N) is 1. The molecule has 1 aromatic carbocycles. The molecule has 2 atom stereocenters. The van der Waals surface area contributed by atoms with Crippen molar-refractivity contribution in [3.05, 3.63) is 47.7 Å². The van der Waals surface area contributed by atoms with E-state index in [4.69, 9.17) is 5.14 Å². The molecule has 128 valence electrons. The molecule has 0 spiro atoms. The Labute approximate surface area is 144 Å². The molecule has 2 aromatic rings. The number of nitrogens with zero attached hydrogens (tertiary/aromatic N) is 3. The maximum absolute atomic E-state index is 12.0. The van der Waals surface area contributed by atoms with Crippen molar-refractivity contribution in [2.75, 3.05) is 13.2 Å². The van der Waals surface area contributed by atoms with Crippen molar-refractivity contribution >= 4 is 29.6 Å². The van der Waals surface area contributed by atoms with E-state index in [0.717, 1.165) is 32.5 Å². The molecule has 0 radical (unpaired) electrons. The first-order chi connectivity index (χ1) is 11.5. The molecule has 3 N–H and O–H groups in total. The lowest BCUT2D eigenvalue weighted by molar-refractivity contribution is 0.677. The van der Waals surface area contributed by atoms with Gasteiger partial charge in [0.15, 0.2) is 0 Å². The average Bonchev–Trinajstić information content (AvgIpc) is 3.04. The van der Waals surface area contributed by atoms with Crippen LogP contribution in [0.3, 0.4) is 0 Å². The summed E-state index contributed by atoms with van der Waals surface area (Å²) in [6, 6.07) is 7.43. The number of benzene rings is 1. The van der Waals surface area contributed by atoms with Gasteiger partial charge in [0.25, 0.3) is 0 Å². The van der Waals surface area contributed by atoms with Gasteiger partial charge in [-0.2, -0.15) is 5.10 Å². The maximum atomic E-state index is 12.0. The molecule has 0 fully saturated rings. The predicted molar refractivity (Wildman–Crippen MR) is 101 cm³/mol. The van der Waals surface area contributed by atoms with Crippen LogP contribution >= 0.6 is 8.58 Å². The number of aromatic nitrogens is 2. The fourth-order valence-electron chi connectivity index (χ4n) is 2.64. The highest BCUT2D eigenvalue weighted by molar-refractivity contribution is 7.91. The molecule has 2 heterocycles. The van der Waals surface area contributed by atoms with Crippen LogP contribution in [0, 0.1) is 0 Å². The van der Waals surface area contributed by atoms with Gasteiger partial charge in [0.1, 0.15) is 9.92 Å². The van der Waals surface area contributed by atoms with Crippen LogP contribution in [0.4, 0.5) is 0 Å². The lowest BCUT2D eigenvalue weighted by Gasteiger charge is -2.17. The molecule has 2 unspecified atom stereocenters. The molecule has 1 aliphatic rings. The molecule has 8 heteroatoms. The van der Waals surface area contributed by atoms with E-state index in [1.165, 1.54) is 18.0 Å². The molecular weight excluding hydrogens is 341 g/mol. The van der Waals surface area contributed by atoms with Gasteiger partial charge in [-0.15, -0.1) is 0 Å². The number of fused-ring (bicyclic) bond motifs is 1. The molecule has 24 heavy (non-hydrogen) atoms. The monoisotopic (exact) mass is 363 g/mol. The van der Waals surface area contributed by atoms with E-state index >= 15 is 0 Å². The van der Waals surface area contributed by atoms with Gasteiger partial charge in [0, 0.05) is 31.4 Å². The van der Waals surface area contributed by atoms with E-state index in [-0.39, 0.29) is 0 Å². The first-order valence-electron chi connectivity index (χ1n) is 7.81. The zero-order valence-corrected chi connectivity index (χ0v) is 15.6. The molecule has 0 amide bonds. The number of nitrogens with two attached hydrogens (primary N) is 1. The molecule has 1 aliphatic heterocycles. The summed E-state index contributed by atoms with van der Waals surface area (Å²) < 4.78 is 17.8. The Bertz CT molecular complexity index is 878. The third-order valence-corrected chi connectivity index (χ3v) is 6.78. The highest BCUT2D eigenvalue weighted by Gasteiger charge is 2.17. The van der Waals surface area contributed by atoms with E-state index in [0.29, 0.717) is 11.4 Å². The molecular formula is C16H22N5OPS. The standard InChI is InChI=1S/C16H22N5OPS/c1-3-21-16-14(11-20-21)15(8-9-23-16)19-10-12-4-6-13(7-5-12)24(17,22)18-2/h4-8,11,19,23H,3,9-10H2,1-2H3,(H2,17,18,22). The van der Waals surface area contributed by atoms with Crippen LogP contribution in [0.5, 0.6) is 0 Å². The zero-order chi connectivity index (χ0) is 17.2. The molecule has 0 saturated heterocycles. The Hall–Kier alpha value is -1.69. The summed E-state index contributed by atoms with van der Waals surface area (Å²) in [7, 11) is -0.504. The van der Waals surface area contributed by atoms with Crippen LogP contribution < -0.4 is 15.9 Å². The zero-order valence-electron chi connectivity index (χ0n) is 13.8. The van der Waals surface area contributed by atoms with Crippen molar-refractivity contribution < 1.29 is 4.21 Å². The van der Waals surface area contributed by atoms with Crippen molar-refractivity contribution in [3.8, 4) is 0 Å². The Kier molecular flexibility index (Phi) is 5.04. The molecule has 6 nitrogen and oxygen atoms in total. The third-order valence-electron chi connectivity index (χ3n) is 4.02. The Morgan fingerprint density at radius 1 is 1.42 bits per heavy atom. The van der Waals surface area contributed by atoms with Crippen LogP contribution in [0.2, 0.25) is 0 Å². The van der Waals surface area contributed by atoms with Gasteiger partial charge < -0.3 is 5.32 Å². The smallest absolute Gasteiger partial charge is 0.134 e. The van der Waals surface area contributed by atoms with Crippen LogP contribution in [-0.4, -0.2) is 27.2 Å². The highest BCUT2D eigenvalue weighted by Crippen LogP contribution is 2.25. The fraction of sp³-hybridized carbons (Fsp3) is 0.312. The largest absolute Gasteiger partial charge is 0.381 e. The van der Waals surface area contributed by atoms with Crippen LogP contribution in [-0.2, 0) is 23.0 Å². The minimum Gasteiger partial charge on any atom is -0.381 e. The second kappa shape index (κ2) is 7.05. The molecule has 0 bridgehead atoms. The minimum absolute atomic E-state index is 0.554. The number of hydrogen-bond acceptors (Lipinski definition) is 4. The van der Waals surface area contributed by atoms with Gasteiger partial charge in [-0.05, 0) is 30.8 Å².